The second kappa shape index (κ2) is 8.11. The van der Waals surface area contributed by atoms with Crippen molar-refractivity contribution in [2.24, 2.45) is 0 Å². The van der Waals surface area contributed by atoms with Crippen LogP contribution in [0.25, 0.3) is 21.8 Å². The number of rotatable bonds is 0. The Morgan fingerprint density at radius 1 is 0.652 bits per heavy atom. The van der Waals surface area contributed by atoms with E-state index in [4.69, 9.17) is 0 Å². The van der Waals surface area contributed by atoms with Crippen molar-refractivity contribution in [2.75, 3.05) is 0 Å². The van der Waals surface area contributed by atoms with Crippen LogP contribution in [0.2, 0.25) is 0 Å². The van der Waals surface area contributed by atoms with Crippen molar-refractivity contribution in [1.29, 1.82) is 0 Å². The molecule has 1 N–H and O–H groups in total. The summed E-state index contributed by atoms with van der Waals surface area (Å²) in [6, 6.07) is 16.8. The number of benzene rings is 2. The average Bonchev–Trinajstić information content (AvgIpc) is 3.38. The van der Waals surface area contributed by atoms with Gasteiger partial charge in [-0.05, 0) is 35.2 Å². The molecule has 0 saturated heterocycles. The van der Waals surface area contributed by atoms with E-state index in [-0.39, 0.29) is 0 Å². The highest BCUT2D eigenvalue weighted by Crippen LogP contribution is 2.24. The normalized spacial score (nSPS) is 9.74. The summed E-state index contributed by atoms with van der Waals surface area (Å²) in [4.78, 5) is 3.38. The van der Waals surface area contributed by atoms with Crippen molar-refractivity contribution in [1.82, 2.24) is 24.2 Å². The second-order valence-corrected chi connectivity index (χ2v) is 5.68. The number of aromatic nitrogens is 5. The lowest BCUT2D eigenvalue weighted by atomic mass is 10.2. The third-order valence-electron chi connectivity index (χ3n) is 2.98. The summed E-state index contributed by atoms with van der Waals surface area (Å²) in [6.07, 6.45) is 3.31. The summed E-state index contributed by atoms with van der Waals surface area (Å²) < 4.78 is 7.03. The molecule has 5 rings (SSSR count). The van der Waals surface area contributed by atoms with Crippen LogP contribution in [0.5, 0.6) is 0 Å². The topological polar surface area (TPSA) is 67.3 Å². The minimum Gasteiger partial charge on any atom is -0.355 e. The number of hydrogen-bond donors (Lipinski definition) is 1. The molecule has 23 heavy (non-hydrogen) atoms. The third kappa shape index (κ3) is 4.18. The Labute approximate surface area is 141 Å². The van der Waals surface area contributed by atoms with E-state index in [0.717, 1.165) is 0 Å². The van der Waals surface area contributed by atoms with Crippen LogP contribution in [0.3, 0.4) is 0 Å². The van der Waals surface area contributed by atoms with Crippen molar-refractivity contribution in [3.8, 4) is 0 Å². The van der Waals surface area contributed by atoms with Gasteiger partial charge in [-0.1, -0.05) is 45.4 Å². The molecular weight excluding hydrogens is 326 g/mol. The number of aromatic amines is 1. The van der Waals surface area contributed by atoms with E-state index < -0.39 is 0 Å². The molecule has 5 aromatic rings. The molecule has 0 radical (unpaired) electrons. The molecule has 0 aliphatic heterocycles. The molecule has 0 aliphatic rings. The van der Waals surface area contributed by atoms with E-state index in [1.54, 1.807) is 12.4 Å². The quantitative estimate of drug-likeness (QED) is 0.454. The Balaban J connectivity index is 0.000000128. The van der Waals surface area contributed by atoms with Gasteiger partial charge < -0.3 is 4.98 Å². The van der Waals surface area contributed by atoms with Gasteiger partial charge in [-0.25, -0.2) is 0 Å². The zero-order chi connectivity index (χ0) is 15.7. The van der Waals surface area contributed by atoms with Gasteiger partial charge in [0.15, 0.2) is 0 Å². The van der Waals surface area contributed by atoms with Gasteiger partial charge in [0, 0.05) is 32.6 Å². The van der Waals surface area contributed by atoms with Gasteiger partial charge in [0.2, 0.25) is 0 Å². The average molecular weight is 339 g/mol. The van der Waals surface area contributed by atoms with Crippen LogP contribution in [-0.4, -0.2) is 24.2 Å². The van der Waals surface area contributed by atoms with Crippen molar-refractivity contribution >= 4 is 44.9 Å². The molecule has 7 heteroatoms. The lowest BCUT2D eigenvalue weighted by molar-refractivity contribution is 1.16. The second-order valence-electron chi connectivity index (χ2n) is 4.39. The van der Waals surface area contributed by atoms with Gasteiger partial charge in [0.1, 0.15) is 0 Å². The molecule has 114 valence electrons. The molecule has 0 atom stereocenters. The maximum Gasteiger partial charge on any atom is 0.0620 e. The van der Waals surface area contributed by atoms with Gasteiger partial charge in [-0.3, -0.25) is 0 Å². The van der Waals surface area contributed by atoms with E-state index in [9.17, 15) is 0 Å². The fourth-order valence-corrected chi connectivity index (χ4v) is 2.62. The molecule has 2 aromatic carbocycles. The molecule has 0 aliphatic carbocycles. The molecule has 0 saturated carbocycles. The largest absolute Gasteiger partial charge is 0.355 e. The van der Waals surface area contributed by atoms with Crippen LogP contribution < -0.4 is 0 Å². The number of H-pyrrole nitrogens is 1. The standard InChI is InChI=1S/C12H9N.2C2H2N2S/c1-3-7-11-9(5-1)10-6-2-4-8-12(10)13-11;2*1-2-5-4-3-1/h1-8,13H;2*1-2H. The Morgan fingerprint density at radius 3 is 1.48 bits per heavy atom. The van der Waals surface area contributed by atoms with E-state index in [1.807, 2.05) is 10.8 Å². The maximum atomic E-state index is 3.51. The Bertz CT molecular complexity index is 819. The van der Waals surface area contributed by atoms with E-state index in [2.05, 4.69) is 72.7 Å². The SMILES string of the molecule is c1ccc2c(c1)[nH]c1ccccc12.c1csnn1.c1csnn1. The molecule has 3 aromatic heterocycles. The summed E-state index contributed by atoms with van der Waals surface area (Å²) in [6.45, 7) is 0. The number of hydrogen-bond acceptors (Lipinski definition) is 6. The zero-order valence-electron chi connectivity index (χ0n) is 12.0. The predicted molar refractivity (Wildman–Crippen MR) is 95.6 cm³/mol. The molecule has 0 fully saturated rings. The monoisotopic (exact) mass is 339 g/mol. The van der Waals surface area contributed by atoms with Crippen LogP contribution >= 0.6 is 23.1 Å². The number of nitrogens with one attached hydrogen (secondary N) is 1. The van der Waals surface area contributed by atoms with Gasteiger partial charge in [0.05, 0.1) is 12.4 Å². The molecule has 0 spiro atoms. The first-order valence-corrected chi connectivity index (χ1v) is 8.50. The van der Waals surface area contributed by atoms with E-state index in [1.165, 1.54) is 44.9 Å². The summed E-state index contributed by atoms with van der Waals surface area (Å²) >= 11 is 2.70. The zero-order valence-corrected chi connectivity index (χ0v) is 13.7. The summed E-state index contributed by atoms with van der Waals surface area (Å²) in [7, 11) is 0. The fraction of sp³-hybridized carbons (Fsp3) is 0. The van der Waals surface area contributed by atoms with Gasteiger partial charge in [0.25, 0.3) is 0 Å². The molecule has 0 bridgehead atoms. The van der Waals surface area contributed by atoms with Gasteiger partial charge >= 0.3 is 0 Å². The van der Waals surface area contributed by atoms with Crippen molar-refractivity contribution in [3.05, 3.63) is 71.7 Å². The highest BCUT2D eigenvalue weighted by atomic mass is 32.1. The lowest BCUT2D eigenvalue weighted by Gasteiger charge is -1.87. The highest BCUT2D eigenvalue weighted by molar-refractivity contribution is 7.03. The Kier molecular flexibility index (Phi) is 5.38. The first-order chi connectivity index (χ1) is 11.4. The number of fused-ring (bicyclic) bond motifs is 3. The van der Waals surface area contributed by atoms with Crippen LogP contribution in [0.1, 0.15) is 0 Å². The fourth-order valence-electron chi connectivity index (χ4n) is 2.07. The van der Waals surface area contributed by atoms with Crippen molar-refractivity contribution in [3.63, 3.8) is 0 Å². The first-order valence-electron chi connectivity index (χ1n) is 6.82. The maximum absolute atomic E-state index is 3.51. The predicted octanol–water partition coefficient (Wildman–Crippen LogP) is 4.40. The summed E-state index contributed by atoms with van der Waals surface area (Å²) in [5, 5.41) is 13.2. The van der Waals surface area contributed by atoms with Crippen LogP contribution in [0.4, 0.5) is 0 Å². The molecule has 5 nitrogen and oxygen atoms in total. The molecule has 3 heterocycles. The van der Waals surface area contributed by atoms with Crippen LogP contribution in [0, 0.1) is 0 Å². The van der Waals surface area contributed by atoms with E-state index in [0.29, 0.717) is 0 Å². The van der Waals surface area contributed by atoms with Crippen LogP contribution in [-0.2, 0) is 0 Å². The van der Waals surface area contributed by atoms with Crippen molar-refractivity contribution in [2.45, 2.75) is 0 Å². The summed E-state index contributed by atoms with van der Waals surface area (Å²) in [5.74, 6) is 0. The van der Waals surface area contributed by atoms with Crippen molar-refractivity contribution < 1.29 is 0 Å². The number of para-hydroxylation sites is 2. The molecule has 0 unspecified atom stereocenters. The highest BCUT2D eigenvalue weighted by Gasteiger charge is 2.00. The van der Waals surface area contributed by atoms with Gasteiger partial charge in [-0.15, -0.1) is 10.2 Å². The minimum atomic E-state index is 1.21. The third-order valence-corrected chi connectivity index (χ3v) is 3.84. The lowest BCUT2D eigenvalue weighted by Crippen LogP contribution is -1.62. The Morgan fingerprint density at radius 2 is 1.13 bits per heavy atom. The first kappa shape index (κ1) is 15.3. The minimum absolute atomic E-state index is 1.21. The Hall–Kier alpha value is -2.64. The summed E-state index contributed by atoms with van der Waals surface area (Å²) in [5.41, 5.74) is 2.42. The molecule has 0 amide bonds. The molecular formula is C16H13N5S2. The smallest absolute Gasteiger partial charge is 0.0620 e. The number of nitrogens with zero attached hydrogens (tertiary/aromatic N) is 4. The van der Waals surface area contributed by atoms with Gasteiger partial charge in [-0.2, -0.15) is 0 Å². The van der Waals surface area contributed by atoms with Crippen LogP contribution in [0.15, 0.2) is 71.7 Å². The van der Waals surface area contributed by atoms with E-state index >= 15 is 0 Å².